The number of benzene rings is 2. The predicted octanol–water partition coefficient (Wildman–Crippen LogP) is 3.06. The third-order valence-corrected chi connectivity index (χ3v) is 4.43. The molecule has 1 heterocycles. The zero-order chi connectivity index (χ0) is 21.0. The normalized spacial score (nSPS) is 12.0. The van der Waals surface area contributed by atoms with Gasteiger partial charge in [-0.1, -0.05) is 32.0 Å². The average Bonchev–Trinajstić information content (AvgIpc) is 2.70. The van der Waals surface area contributed by atoms with Crippen molar-refractivity contribution in [2.24, 2.45) is 5.92 Å². The van der Waals surface area contributed by atoms with E-state index in [0.717, 1.165) is 5.39 Å². The van der Waals surface area contributed by atoms with Crippen LogP contribution in [-0.4, -0.2) is 29.6 Å². The van der Waals surface area contributed by atoms with Crippen LogP contribution in [0.1, 0.15) is 13.8 Å². The molecule has 7 nitrogen and oxygen atoms in total. The van der Waals surface area contributed by atoms with Gasteiger partial charge in [0.2, 0.25) is 0 Å². The summed E-state index contributed by atoms with van der Waals surface area (Å²) in [5, 5.41) is 12.9. The first-order valence-corrected chi connectivity index (χ1v) is 9.13. The fourth-order valence-electron chi connectivity index (χ4n) is 2.87. The molecule has 0 spiro atoms. The highest BCUT2D eigenvalue weighted by atomic mass is 16.5. The number of carbonyl (C=O) groups is 2. The zero-order valence-corrected chi connectivity index (χ0v) is 16.0. The van der Waals surface area contributed by atoms with Crippen LogP contribution in [-0.2, 0) is 9.59 Å². The Balaban J connectivity index is 1.67. The molecule has 1 atom stereocenters. The van der Waals surface area contributed by atoms with E-state index in [-0.39, 0.29) is 12.5 Å². The second-order valence-corrected chi connectivity index (χ2v) is 6.93. The molecule has 3 aromatic rings. The number of aliphatic carboxylic acids is 1. The molecular formula is C22H21NO6. The maximum Gasteiger partial charge on any atom is 0.344 e. The van der Waals surface area contributed by atoms with Gasteiger partial charge in [0.15, 0.2) is 6.61 Å². The minimum absolute atomic E-state index is 0.243. The summed E-state index contributed by atoms with van der Waals surface area (Å²) in [5.74, 6) is -0.986. The molecule has 0 aliphatic heterocycles. The van der Waals surface area contributed by atoms with E-state index in [0.29, 0.717) is 22.5 Å². The van der Waals surface area contributed by atoms with Crippen LogP contribution >= 0.6 is 0 Å². The van der Waals surface area contributed by atoms with Crippen molar-refractivity contribution >= 4 is 22.6 Å². The van der Waals surface area contributed by atoms with E-state index in [1.54, 1.807) is 56.3 Å². The number of carboxylic acids is 1. The molecule has 0 unspecified atom stereocenters. The second kappa shape index (κ2) is 8.60. The lowest BCUT2D eigenvalue weighted by molar-refractivity contribution is -0.143. The molecule has 1 amide bonds. The highest BCUT2D eigenvalue weighted by Gasteiger charge is 2.23. The Morgan fingerprint density at radius 3 is 2.45 bits per heavy atom. The Labute approximate surface area is 166 Å². The van der Waals surface area contributed by atoms with Crippen LogP contribution in [0.4, 0.5) is 0 Å². The van der Waals surface area contributed by atoms with Gasteiger partial charge in [0.1, 0.15) is 17.6 Å². The van der Waals surface area contributed by atoms with Crippen molar-refractivity contribution < 1.29 is 23.8 Å². The maximum absolute atomic E-state index is 12.1. The molecule has 0 fully saturated rings. The molecule has 0 bridgehead atoms. The zero-order valence-electron chi connectivity index (χ0n) is 16.0. The third kappa shape index (κ3) is 4.82. The minimum atomic E-state index is -1.09. The summed E-state index contributed by atoms with van der Waals surface area (Å²) in [6.45, 7) is 3.12. The van der Waals surface area contributed by atoms with Gasteiger partial charge in [-0.25, -0.2) is 9.59 Å². The van der Waals surface area contributed by atoms with Gasteiger partial charge in [-0.05, 0) is 47.7 Å². The molecule has 0 saturated heterocycles. The molecule has 0 aliphatic rings. The van der Waals surface area contributed by atoms with Gasteiger partial charge >= 0.3 is 11.6 Å². The van der Waals surface area contributed by atoms with E-state index >= 15 is 0 Å². The Kier molecular flexibility index (Phi) is 5.97. The van der Waals surface area contributed by atoms with Gasteiger partial charge in [-0.2, -0.15) is 0 Å². The number of rotatable bonds is 7. The fraction of sp³-hybridized carbons (Fsp3) is 0.227. The summed E-state index contributed by atoms with van der Waals surface area (Å²) in [6, 6.07) is 14.7. The monoisotopic (exact) mass is 395 g/mol. The van der Waals surface area contributed by atoms with Gasteiger partial charge in [-0.3, -0.25) is 4.79 Å². The first-order chi connectivity index (χ1) is 13.8. The molecule has 7 heteroatoms. The largest absolute Gasteiger partial charge is 0.484 e. The molecule has 0 aliphatic carbocycles. The number of fused-ring (bicyclic) bond motifs is 1. The highest BCUT2D eigenvalue weighted by molar-refractivity contribution is 5.85. The molecule has 150 valence electrons. The molecule has 2 N–H and O–H groups in total. The van der Waals surface area contributed by atoms with Gasteiger partial charge in [-0.15, -0.1) is 0 Å². The Morgan fingerprint density at radius 1 is 1.10 bits per heavy atom. The lowest BCUT2D eigenvalue weighted by atomic mass is 10.1. The number of ether oxygens (including phenoxy) is 1. The Hall–Kier alpha value is -3.61. The van der Waals surface area contributed by atoms with Crippen LogP contribution in [0.3, 0.4) is 0 Å². The van der Waals surface area contributed by atoms with Crippen molar-refractivity contribution in [3.05, 3.63) is 65.0 Å². The lowest BCUT2D eigenvalue weighted by Gasteiger charge is -2.18. The summed E-state index contributed by atoms with van der Waals surface area (Å²) in [7, 11) is 0. The van der Waals surface area contributed by atoms with Crippen molar-refractivity contribution in [3.8, 4) is 17.1 Å². The summed E-state index contributed by atoms with van der Waals surface area (Å²) in [4.78, 5) is 35.2. The molecule has 1 aromatic heterocycles. The second-order valence-electron chi connectivity index (χ2n) is 6.93. The van der Waals surface area contributed by atoms with Crippen molar-refractivity contribution in [1.29, 1.82) is 0 Å². The predicted molar refractivity (Wildman–Crippen MR) is 108 cm³/mol. The smallest absolute Gasteiger partial charge is 0.344 e. The topological polar surface area (TPSA) is 106 Å². The fourth-order valence-corrected chi connectivity index (χ4v) is 2.87. The maximum atomic E-state index is 12.1. The molecule has 3 rings (SSSR count). The van der Waals surface area contributed by atoms with Gasteiger partial charge in [0, 0.05) is 5.56 Å². The first-order valence-electron chi connectivity index (χ1n) is 9.13. The van der Waals surface area contributed by atoms with Crippen molar-refractivity contribution in [2.75, 3.05) is 6.61 Å². The number of nitrogens with one attached hydrogen (secondary N) is 1. The first kappa shape index (κ1) is 20.1. The molecule has 0 saturated carbocycles. The standard InChI is InChI=1S/C22H21NO6/c1-13(2)20(21(25)26)23-19(24)12-28-16-9-7-14(8-10-16)18-11-15-5-3-4-6-17(15)22(27)29-18/h3-11,13,20H,12H2,1-2H3,(H,23,24)(H,25,26)/t20-/m0/s1. The summed E-state index contributed by atoms with van der Waals surface area (Å²) in [6.07, 6.45) is 0. The lowest BCUT2D eigenvalue weighted by Crippen LogP contribution is -2.46. The van der Waals surface area contributed by atoms with Crippen molar-refractivity contribution in [2.45, 2.75) is 19.9 Å². The molecule has 29 heavy (non-hydrogen) atoms. The van der Waals surface area contributed by atoms with Crippen LogP contribution in [0.5, 0.6) is 5.75 Å². The van der Waals surface area contributed by atoms with Gasteiger partial charge in [0.05, 0.1) is 5.39 Å². The van der Waals surface area contributed by atoms with Gasteiger partial charge < -0.3 is 19.6 Å². The number of carboxylic acid groups (broad SMARTS) is 1. The van der Waals surface area contributed by atoms with Crippen LogP contribution in [0.2, 0.25) is 0 Å². The Bertz CT molecular complexity index is 1080. The van der Waals surface area contributed by atoms with E-state index in [4.69, 9.17) is 14.3 Å². The summed E-state index contributed by atoms with van der Waals surface area (Å²) in [5.41, 5.74) is 0.281. The number of hydrogen-bond donors (Lipinski definition) is 2. The van der Waals surface area contributed by atoms with Crippen LogP contribution in [0, 0.1) is 5.92 Å². The average molecular weight is 395 g/mol. The SMILES string of the molecule is CC(C)[C@H](NC(=O)COc1ccc(-c2cc3ccccc3c(=O)o2)cc1)C(=O)O. The van der Waals surface area contributed by atoms with E-state index in [1.165, 1.54) is 0 Å². The minimum Gasteiger partial charge on any atom is -0.484 e. The van der Waals surface area contributed by atoms with E-state index < -0.39 is 23.5 Å². The Morgan fingerprint density at radius 2 is 1.79 bits per heavy atom. The van der Waals surface area contributed by atoms with E-state index in [9.17, 15) is 14.4 Å². The number of hydrogen-bond acceptors (Lipinski definition) is 5. The van der Waals surface area contributed by atoms with E-state index in [1.807, 2.05) is 12.1 Å². The van der Waals surface area contributed by atoms with E-state index in [2.05, 4.69) is 5.32 Å². The molecule has 0 radical (unpaired) electrons. The molecular weight excluding hydrogens is 374 g/mol. The van der Waals surface area contributed by atoms with Crippen LogP contribution in [0.15, 0.2) is 63.8 Å². The number of carbonyl (C=O) groups excluding carboxylic acids is 1. The van der Waals surface area contributed by atoms with Crippen LogP contribution < -0.4 is 15.7 Å². The van der Waals surface area contributed by atoms with Gasteiger partial charge in [0.25, 0.3) is 5.91 Å². The summed E-state index contributed by atoms with van der Waals surface area (Å²) < 4.78 is 10.8. The van der Waals surface area contributed by atoms with Crippen molar-refractivity contribution in [1.82, 2.24) is 5.32 Å². The van der Waals surface area contributed by atoms with Crippen molar-refractivity contribution in [3.63, 3.8) is 0 Å². The third-order valence-electron chi connectivity index (χ3n) is 4.43. The summed E-state index contributed by atoms with van der Waals surface area (Å²) >= 11 is 0. The van der Waals surface area contributed by atoms with Crippen LogP contribution in [0.25, 0.3) is 22.1 Å². The molecule has 2 aromatic carbocycles. The quantitative estimate of drug-likeness (QED) is 0.637. The number of amides is 1. The highest BCUT2D eigenvalue weighted by Crippen LogP contribution is 2.24.